The van der Waals surface area contributed by atoms with Crippen molar-refractivity contribution < 1.29 is 28.2 Å². The van der Waals surface area contributed by atoms with E-state index in [1.54, 1.807) is 48.5 Å². The molecule has 0 aliphatic heterocycles. The third kappa shape index (κ3) is 4.66. The summed E-state index contributed by atoms with van der Waals surface area (Å²) in [4.78, 5) is 12.6. The molecule has 0 saturated heterocycles. The van der Waals surface area contributed by atoms with E-state index < -0.39 is 17.4 Å². The average Bonchev–Trinajstić information content (AvgIpc) is 2.70. The predicted octanol–water partition coefficient (Wildman–Crippen LogP) is 4.50. The number of aliphatic hydroxyl groups is 1. The van der Waals surface area contributed by atoms with Crippen molar-refractivity contribution in [3.8, 4) is 11.5 Å². The number of aliphatic hydroxyl groups excluding tert-OH is 1. The highest BCUT2D eigenvalue weighted by Gasteiger charge is 2.48. The Bertz CT molecular complexity index is 796. The van der Waals surface area contributed by atoms with Gasteiger partial charge in [-0.3, -0.25) is 4.79 Å². The van der Waals surface area contributed by atoms with Gasteiger partial charge in [0.2, 0.25) is 5.92 Å². The minimum atomic E-state index is -2.74. The van der Waals surface area contributed by atoms with Gasteiger partial charge in [-0.2, -0.15) is 0 Å². The summed E-state index contributed by atoms with van der Waals surface area (Å²) in [6.07, 6.45) is -0.771. The van der Waals surface area contributed by atoms with Crippen molar-refractivity contribution in [2.75, 3.05) is 12.4 Å². The summed E-state index contributed by atoms with van der Waals surface area (Å²) < 4.78 is 37.9. The maximum absolute atomic E-state index is 13.4. The highest BCUT2D eigenvalue weighted by atomic mass is 19.3. The number of carbonyl (C=O) groups is 1. The molecule has 0 spiro atoms. The molecule has 5 nitrogen and oxygen atoms in total. The van der Waals surface area contributed by atoms with Gasteiger partial charge in [-0.05, 0) is 54.8 Å². The number of nitrogens with one attached hydrogen (secondary N) is 1. The van der Waals surface area contributed by atoms with Crippen molar-refractivity contribution in [3.63, 3.8) is 0 Å². The lowest BCUT2D eigenvalue weighted by molar-refractivity contribution is -0.154. The highest BCUT2D eigenvalue weighted by molar-refractivity contribution is 5.97. The molecular formula is C21H23F2NO4. The summed E-state index contributed by atoms with van der Waals surface area (Å²) in [5, 5.41) is 11.8. The first-order chi connectivity index (χ1) is 13.4. The largest absolute Gasteiger partial charge is 0.457 e. The standard InChI is InChI=1S/C21H23F2NO4/c1-27-20(10-12-21(22,23)13-11-20)19(26)24-16-4-8-18(9-5-16)28-17-6-2-15(14-25)3-7-17/h2-9,25H,10-14H2,1H3,(H,24,26). The van der Waals surface area contributed by atoms with E-state index in [2.05, 4.69) is 5.32 Å². The van der Waals surface area contributed by atoms with Crippen LogP contribution in [-0.2, 0) is 16.1 Å². The van der Waals surface area contributed by atoms with Gasteiger partial charge in [0.15, 0.2) is 0 Å². The number of hydrogen-bond acceptors (Lipinski definition) is 4. The van der Waals surface area contributed by atoms with E-state index in [0.29, 0.717) is 17.2 Å². The second-order valence-electron chi connectivity index (χ2n) is 6.94. The van der Waals surface area contributed by atoms with Crippen LogP contribution < -0.4 is 10.1 Å². The molecule has 0 radical (unpaired) electrons. The highest BCUT2D eigenvalue weighted by Crippen LogP contribution is 2.40. The first kappa shape index (κ1) is 20.2. The van der Waals surface area contributed by atoms with Crippen LogP contribution in [-0.4, -0.2) is 29.6 Å². The number of anilines is 1. The molecule has 1 aliphatic rings. The van der Waals surface area contributed by atoms with Gasteiger partial charge in [0.05, 0.1) is 6.61 Å². The van der Waals surface area contributed by atoms with Crippen molar-refractivity contribution in [3.05, 3.63) is 54.1 Å². The summed E-state index contributed by atoms with van der Waals surface area (Å²) in [6.45, 7) is -0.0325. The predicted molar refractivity (Wildman–Crippen MR) is 101 cm³/mol. The van der Waals surface area contributed by atoms with Crippen molar-refractivity contribution in [2.24, 2.45) is 0 Å². The second kappa shape index (κ2) is 8.24. The number of alkyl halides is 2. The van der Waals surface area contributed by atoms with Crippen LogP contribution in [0.15, 0.2) is 48.5 Å². The normalized spacial score (nSPS) is 17.7. The second-order valence-corrected chi connectivity index (χ2v) is 6.94. The number of methoxy groups -OCH3 is 1. The van der Waals surface area contributed by atoms with Gasteiger partial charge < -0.3 is 19.9 Å². The number of benzene rings is 2. The molecule has 0 unspecified atom stereocenters. The molecule has 1 fully saturated rings. The third-order valence-electron chi connectivity index (χ3n) is 5.05. The SMILES string of the molecule is COC1(C(=O)Nc2ccc(Oc3ccc(CO)cc3)cc2)CCC(F)(F)CC1. The summed E-state index contributed by atoms with van der Waals surface area (Å²) in [7, 11) is 1.38. The van der Waals surface area contributed by atoms with Gasteiger partial charge in [-0.1, -0.05) is 12.1 Å². The lowest BCUT2D eigenvalue weighted by atomic mass is 9.82. The van der Waals surface area contributed by atoms with Crippen molar-refractivity contribution >= 4 is 11.6 Å². The van der Waals surface area contributed by atoms with Gasteiger partial charge in [-0.25, -0.2) is 8.78 Å². The maximum Gasteiger partial charge on any atom is 0.256 e. The fraction of sp³-hybridized carbons (Fsp3) is 0.381. The molecule has 0 heterocycles. The molecule has 28 heavy (non-hydrogen) atoms. The van der Waals surface area contributed by atoms with Crippen LogP contribution in [0, 0.1) is 0 Å². The Labute approximate surface area is 162 Å². The van der Waals surface area contributed by atoms with E-state index in [9.17, 15) is 13.6 Å². The van der Waals surface area contributed by atoms with Crippen LogP contribution in [0.3, 0.4) is 0 Å². The van der Waals surface area contributed by atoms with Gasteiger partial charge in [0.25, 0.3) is 5.91 Å². The maximum atomic E-state index is 13.4. The topological polar surface area (TPSA) is 67.8 Å². The van der Waals surface area contributed by atoms with Crippen LogP contribution in [0.1, 0.15) is 31.2 Å². The Morgan fingerprint density at radius 2 is 1.54 bits per heavy atom. The Morgan fingerprint density at radius 3 is 2.04 bits per heavy atom. The van der Waals surface area contributed by atoms with E-state index in [1.807, 2.05) is 0 Å². The number of halogens is 2. The smallest absolute Gasteiger partial charge is 0.256 e. The molecular weight excluding hydrogens is 368 g/mol. The first-order valence-electron chi connectivity index (χ1n) is 9.08. The van der Waals surface area contributed by atoms with E-state index in [1.165, 1.54) is 7.11 Å². The number of hydrogen-bond donors (Lipinski definition) is 2. The van der Waals surface area contributed by atoms with E-state index in [4.69, 9.17) is 14.6 Å². The average molecular weight is 391 g/mol. The van der Waals surface area contributed by atoms with E-state index >= 15 is 0 Å². The zero-order valence-corrected chi connectivity index (χ0v) is 15.6. The zero-order chi connectivity index (χ0) is 20.2. The Hall–Kier alpha value is -2.51. The van der Waals surface area contributed by atoms with Crippen molar-refractivity contribution in [1.82, 2.24) is 0 Å². The third-order valence-corrected chi connectivity index (χ3v) is 5.05. The van der Waals surface area contributed by atoms with Gasteiger partial charge in [-0.15, -0.1) is 0 Å². The molecule has 150 valence electrons. The number of amides is 1. The molecule has 3 rings (SSSR count). The molecule has 7 heteroatoms. The van der Waals surface area contributed by atoms with Gasteiger partial charge in [0, 0.05) is 25.6 Å². The summed E-state index contributed by atoms with van der Waals surface area (Å²) in [6, 6.07) is 13.8. The molecule has 2 aromatic rings. The van der Waals surface area contributed by atoms with Crippen molar-refractivity contribution in [1.29, 1.82) is 0 Å². The number of ether oxygens (including phenoxy) is 2. The summed E-state index contributed by atoms with van der Waals surface area (Å²) in [5.41, 5.74) is 0.0883. The Balaban J connectivity index is 1.62. The molecule has 1 amide bonds. The summed E-state index contributed by atoms with van der Waals surface area (Å²) >= 11 is 0. The van der Waals surface area contributed by atoms with Crippen LogP contribution >= 0.6 is 0 Å². The number of rotatable bonds is 6. The van der Waals surface area contributed by atoms with E-state index in [0.717, 1.165) is 5.56 Å². The first-order valence-corrected chi connectivity index (χ1v) is 9.08. The number of carbonyl (C=O) groups excluding carboxylic acids is 1. The van der Waals surface area contributed by atoms with Crippen LogP contribution in [0.2, 0.25) is 0 Å². The minimum absolute atomic E-state index is 0.0205. The fourth-order valence-electron chi connectivity index (χ4n) is 3.19. The lowest BCUT2D eigenvalue weighted by Crippen LogP contribution is -2.49. The fourth-order valence-corrected chi connectivity index (χ4v) is 3.19. The summed E-state index contributed by atoms with van der Waals surface area (Å²) in [5.74, 6) is -1.96. The molecule has 1 aliphatic carbocycles. The molecule has 0 atom stereocenters. The molecule has 0 bridgehead atoms. The van der Waals surface area contributed by atoms with Crippen molar-refractivity contribution in [2.45, 2.75) is 43.8 Å². The Morgan fingerprint density at radius 1 is 1.00 bits per heavy atom. The van der Waals surface area contributed by atoms with Crippen LogP contribution in [0.25, 0.3) is 0 Å². The zero-order valence-electron chi connectivity index (χ0n) is 15.6. The molecule has 0 aromatic heterocycles. The Kier molecular flexibility index (Phi) is 5.96. The molecule has 2 N–H and O–H groups in total. The van der Waals surface area contributed by atoms with E-state index in [-0.39, 0.29) is 32.3 Å². The monoisotopic (exact) mass is 391 g/mol. The molecule has 2 aromatic carbocycles. The van der Waals surface area contributed by atoms with Gasteiger partial charge in [0.1, 0.15) is 17.1 Å². The quantitative estimate of drug-likeness (QED) is 0.761. The lowest BCUT2D eigenvalue weighted by Gasteiger charge is -2.37. The van der Waals surface area contributed by atoms with Gasteiger partial charge >= 0.3 is 0 Å². The van der Waals surface area contributed by atoms with Crippen LogP contribution in [0.4, 0.5) is 14.5 Å². The molecule has 1 saturated carbocycles. The van der Waals surface area contributed by atoms with Crippen LogP contribution in [0.5, 0.6) is 11.5 Å². The minimum Gasteiger partial charge on any atom is -0.457 e.